The van der Waals surface area contributed by atoms with Crippen molar-refractivity contribution in [1.29, 1.82) is 0 Å². The van der Waals surface area contributed by atoms with Crippen LogP contribution in [0.3, 0.4) is 0 Å². The van der Waals surface area contributed by atoms with E-state index in [-0.39, 0.29) is 4.90 Å². The van der Waals surface area contributed by atoms with Crippen LogP contribution in [-0.2, 0) is 19.9 Å². The number of rotatable bonds is 8. The van der Waals surface area contributed by atoms with Gasteiger partial charge in [-0.05, 0) is 61.0 Å². The van der Waals surface area contributed by atoms with Crippen LogP contribution >= 0.6 is 10.3 Å². The van der Waals surface area contributed by atoms with E-state index >= 15 is 0 Å². The second-order valence-corrected chi connectivity index (χ2v) is 13.1. The van der Waals surface area contributed by atoms with Gasteiger partial charge in [0.25, 0.3) is 0 Å². The third kappa shape index (κ3) is 5.06. The van der Waals surface area contributed by atoms with Gasteiger partial charge in [0.05, 0.1) is 17.1 Å². The van der Waals surface area contributed by atoms with Gasteiger partial charge in [-0.1, -0.05) is 47.9 Å². The molecule has 34 heavy (non-hydrogen) atoms. The molecular weight excluding hydrogens is 485 g/mol. The number of hydrogen-bond donors (Lipinski definition) is 0. The van der Waals surface area contributed by atoms with E-state index in [4.69, 9.17) is 8.37 Å². The Kier molecular flexibility index (Phi) is 7.17. The van der Waals surface area contributed by atoms with Crippen molar-refractivity contribution in [3.8, 4) is 5.75 Å². The smallest absolute Gasteiger partial charge is 0.416 e. The standard InChI is InChI=1S/C25H27F3O4S2/c1-2-3-16-31-23-14-15-24(22-9-5-4-8-21(22)23)33(17-6-7-18-33)32-34(29,30)20-12-10-19(11-13-20)25(26,27)28/h4-5,8-15H,2-3,6-7,16-18H2,1H3. The fourth-order valence-corrected chi connectivity index (χ4v) is 10.0. The first-order chi connectivity index (χ1) is 16.2. The Morgan fingerprint density at radius 3 is 2.18 bits per heavy atom. The maximum atomic E-state index is 13.2. The van der Waals surface area contributed by atoms with Crippen molar-refractivity contribution in [2.24, 2.45) is 0 Å². The number of unbranched alkanes of at least 4 members (excludes halogenated alkanes) is 1. The number of ether oxygens (including phenoxy) is 1. The summed E-state index contributed by atoms with van der Waals surface area (Å²) in [6.07, 6.45) is -0.957. The van der Waals surface area contributed by atoms with Crippen LogP contribution in [0, 0.1) is 0 Å². The summed E-state index contributed by atoms with van der Waals surface area (Å²) < 4.78 is 77.1. The highest BCUT2D eigenvalue weighted by Gasteiger charge is 2.39. The van der Waals surface area contributed by atoms with Crippen LogP contribution < -0.4 is 4.74 Å². The maximum Gasteiger partial charge on any atom is 0.416 e. The molecule has 1 heterocycles. The number of halogens is 3. The van der Waals surface area contributed by atoms with Gasteiger partial charge in [-0.25, -0.2) is 3.63 Å². The highest BCUT2D eigenvalue weighted by Crippen LogP contribution is 2.64. The topological polar surface area (TPSA) is 52.6 Å². The SMILES string of the molecule is CCCCOc1ccc(S2(OS(=O)(=O)c3ccc(C(F)(F)F)cc3)CCCC2)c2ccccc12. The minimum absolute atomic E-state index is 0.275. The molecule has 4 nitrogen and oxygen atoms in total. The van der Waals surface area contributed by atoms with Crippen LogP contribution in [-0.4, -0.2) is 26.5 Å². The molecule has 0 aromatic heterocycles. The zero-order chi connectivity index (χ0) is 24.4. The molecule has 0 spiro atoms. The normalized spacial score (nSPS) is 17.1. The van der Waals surface area contributed by atoms with Crippen LogP contribution in [0.5, 0.6) is 5.75 Å². The predicted molar refractivity (Wildman–Crippen MR) is 129 cm³/mol. The predicted octanol–water partition coefficient (Wildman–Crippen LogP) is 7.32. The molecule has 0 atom stereocenters. The summed E-state index contributed by atoms with van der Waals surface area (Å²) in [6.45, 7) is 2.68. The zero-order valence-electron chi connectivity index (χ0n) is 18.8. The lowest BCUT2D eigenvalue weighted by Gasteiger charge is -2.35. The number of alkyl halides is 3. The van der Waals surface area contributed by atoms with Crippen molar-refractivity contribution >= 4 is 31.2 Å². The van der Waals surface area contributed by atoms with Gasteiger partial charge in [-0.3, -0.25) is 0 Å². The molecule has 1 fully saturated rings. The molecule has 9 heteroatoms. The third-order valence-electron chi connectivity index (χ3n) is 5.89. The van der Waals surface area contributed by atoms with Crippen LogP contribution in [0.1, 0.15) is 38.2 Å². The van der Waals surface area contributed by atoms with Crippen LogP contribution in [0.4, 0.5) is 13.2 Å². The van der Waals surface area contributed by atoms with Gasteiger partial charge in [0, 0.05) is 21.8 Å². The van der Waals surface area contributed by atoms with E-state index in [0.29, 0.717) is 18.1 Å². The molecule has 0 radical (unpaired) electrons. The second-order valence-electron chi connectivity index (χ2n) is 8.28. The van der Waals surface area contributed by atoms with E-state index in [9.17, 15) is 21.6 Å². The van der Waals surface area contributed by atoms with E-state index in [1.54, 1.807) is 0 Å². The molecule has 1 aliphatic rings. The molecule has 3 aromatic rings. The Labute approximate surface area is 199 Å². The van der Waals surface area contributed by atoms with Gasteiger partial charge >= 0.3 is 16.3 Å². The van der Waals surface area contributed by atoms with Crippen molar-refractivity contribution in [3.63, 3.8) is 0 Å². The molecule has 1 saturated heterocycles. The monoisotopic (exact) mass is 512 g/mol. The van der Waals surface area contributed by atoms with Crippen LogP contribution in [0.2, 0.25) is 0 Å². The summed E-state index contributed by atoms with van der Waals surface area (Å²) in [6, 6.07) is 14.9. The number of benzene rings is 3. The van der Waals surface area contributed by atoms with Crippen molar-refractivity contribution in [2.75, 3.05) is 18.1 Å². The van der Waals surface area contributed by atoms with Gasteiger partial charge in [0.2, 0.25) is 0 Å². The summed E-state index contributed by atoms with van der Waals surface area (Å²) in [5.74, 6) is 1.89. The lowest BCUT2D eigenvalue weighted by Crippen LogP contribution is -2.15. The molecular formula is C25H27F3O4S2. The third-order valence-corrected chi connectivity index (χ3v) is 11.6. The van der Waals surface area contributed by atoms with Gasteiger partial charge in [-0.2, -0.15) is 21.6 Å². The van der Waals surface area contributed by atoms with Gasteiger partial charge in [-0.15, -0.1) is 0 Å². The quantitative estimate of drug-likeness (QED) is 0.297. The summed E-state index contributed by atoms with van der Waals surface area (Å²) in [4.78, 5) is 0.557. The fraction of sp³-hybridized carbons (Fsp3) is 0.360. The Bertz CT molecular complexity index is 1250. The first-order valence-electron chi connectivity index (χ1n) is 11.2. The van der Waals surface area contributed by atoms with Gasteiger partial charge < -0.3 is 4.74 Å². The number of fused-ring (bicyclic) bond motifs is 1. The molecule has 0 unspecified atom stereocenters. The Hall–Kier alpha value is -2.23. The lowest BCUT2D eigenvalue weighted by atomic mass is 10.1. The van der Waals surface area contributed by atoms with E-state index in [1.807, 2.05) is 36.4 Å². The average molecular weight is 513 g/mol. The van der Waals surface area contributed by atoms with E-state index < -0.39 is 32.2 Å². The molecule has 4 rings (SSSR count). The van der Waals surface area contributed by atoms with Crippen molar-refractivity contribution < 1.29 is 30.0 Å². The van der Waals surface area contributed by atoms with Crippen molar-refractivity contribution in [3.05, 3.63) is 66.2 Å². The first kappa shape index (κ1) is 24.9. The molecule has 0 saturated carbocycles. The summed E-state index contributed by atoms with van der Waals surface area (Å²) in [7, 11) is -6.49. The minimum atomic E-state index is -4.54. The first-order valence-corrected chi connectivity index (χ1v) is 14.5. The lowest BCUT2D eigenvalue weighted by molar-refractivity contribution is -0.137. The average Bonchev–Trinajstić information content (AvgIpc) is 3.27. The highest BCUT2D eigenvalue weighted by molar-refractivity contribution is 8.33. The largest absolute Gasteiger partial charge is 0.493 e. The summed E-state index contributed by atoms with van der Waals surface area (Å²) in [5.41, 5.74) is -0.904. The molecule has 3 aromatic carbocycles. The van der Waals surface area contributed by atoms with Crippen LogP contribution in [0.25, 0.3) is 10.8 Å². The Morgan fingerprint density at radius 2 is 1.56 bits per heavy atom. The zero-order valence-corrected chi connectivity index (χ0v) is 20.4. The van der Waals surface area contributed by atoms with Crippen LogP contribution in [0.15, 0.2) is 70.5 Å². The molecule has 1 aliphatic heterocycles. The van der Waals surface area contributed by atoms with E-state index in [0.717, 1.165) is 71.4 Å². The molecule has 184 valence electrons. The van der Waals surface area contributed by atoms with Crippen molar-refractivity contribution in [2.45, 2.75) is 48.6 Å². The highest BCUT2D eigenvalue weighted by atomic mass is 32.3. The Balaban J connectivity index is 1.72. The molecule has 0 N–H and O–H groups in total. The summed E-state index contributed by atoms with van der Waals surface area (Å²) >= 11 is 0. The minimum Gasteiger partial charge on any atom is -0.493 e. The summed E-state index contributed by atoms with van der Waals surface area (Å²) in [5, 5.41) is 1.78. The molecule has 0 amide bonds. The van der Waals surface area contributed by atoms with Gasteiger partial charge in [0.15, 0.2) is 0 Å². The Morgan fingerprint density at radius 1 is 0.912 bits per heavy atom. The van der Waals surface area contributed by atoms with Crippen molar-refractivity contribution in [1.82, 2.24) is 0 Å². The number of hydrogen-bond acceptors (Lipinski definition) is 4. The van der Waals surface area contributed by atoms with E-state index in [2.05, 4.69) is 6.92 Å². The van der Waals surface area contributed by atoms with E-state index in [1.165, 1.54) is 0 Å². The maximum absolute atomic E-state index is 13.2. The second kappa shape index (κ2) is 9.79. The fourth-order valence-electron chi connectivity index (χ4n) is 4.14. The molecule has 0 aliphatic carbocycles. The van der Waals surface area contributed by atoms with Gasteiger partial charge in [0.1, 0.15) is 5.75 Å². The molecule has 0 bridgehead atoms.